The summed E-state index contributed by atoms with van der Waals surface area (Å²) in [4.78, 5) is 17.6. The van der Waals surface area contributed by atoms with E-state index in [-0.39, 0.29) is 11.7 Å². The molecule has 0 aliphatic carbocycles. The van der Waals surface area contributed by atoms with Crippen molar-refractivity contribution < 1.29 is 9.53 Å². The van der Waals surface area contributed by atoms with Gasteiger partial charge < -0.3 is 4.74 Å². The van der Waals surface area contributed by atoms with Crippen LogP contribution in [-0.2, 0) is 9.53 Å². The van der Waals surface area contributed by atoms with E-state index in [9.17, 15) is 10.1 Å². The highest BCUT2D eigenvalue weighted by molar-refractivity contribution is 9.10. The average molecular weight is 644 g/mol. The maximum absolute atomic E-state index is 12.8. The molecule has 3 rings (SSSR count). The molecule has 0 N–H and O–H groups in total. The third kappa shape index (κ3) is 10.5. The smallest absolute Gasteiger partial charge is 0.316 e. The molecule has 0 bridgehead atoms. The lowest BCUT2D eigenvalue weighted by Gasteiger charge is -2.17. The van der Waals surface area contributed by atoms with Gasteiger partial charge in [0, 0.05) is 26.6 Å². The molecule has 0 radical (unpaired) electrons. The first kappa shape index (κ1) is 31.6. The van der Waals surface area contributed by atoms with Gasteiger partial charge in [-0.15, -0.1) is 0 Å². The number of unbranched alkanes of at least 4 members (excludes halogenated alkanes) is 2. The Labute approximate surface area is 254 Å². The zero-order valence-electron chi connectivity index (χ0n) is 22.5. The number of carbonyl (C=O) groups excluding carboxylic acids is 1. The van der Waals surface area contributed by atoms with Crippen LogP contribution in [-0.4, -0.2) is 45.8 Å². The highest BCUT2D eigenvalue weighted by atomic mass is 79.9. The van der Waals surface area contributed by atoms with E-state index in [1.165, 1.54) is 31.0 Å². The molecule has 0 saturated heterocycles. The van der Waals surface area contributed by atoms with Crippen molar-refractivity contribution in [3.8, 4) is 28.5 Å². The summed E-state index contributed by atoms with van der Waals surface area (Å²) in [5.41, 5.74) is 3.91. The van der Waals surface area contributed by atoms with Crippen molar-refractivity contribution >= 4 is 57.2 Å². The van der Waals surface area contributed by atoms with Gasteiger partial charge in [-0.25, -0.2) is 4.98 Å². The Balaban J connectivity index is 1.74. The molecule has 1 aromatic heterocycles. The Kier molecular flexibility index (Phi) is 14.3. The van der Waals surface area contributed by atoms with Gasteiger partial charge in [-0.3, -0.25) is 4.79 Å². The first-order chi connectivity index (χ1) is 19.0. The fourth-order valence-corrected chi connectivity index (χ4v) is 7.41. The van der Waals surface area contributed by atoms with Crippen LogP contribution in [0, 0.1) is 11.3 Å². The summed E-state index contributed by atoms with van der Waals surface area (Å²) in [5, 5.41) is 10.9. The van der Waals surface area contributed by atoms with Crippen LogP contribution in [0.5, 0.6) is 0 Å². The second-order valence-corrected chi connectivity index (χ2v) is 13.4. The molecule has 39 heavy (non-hydrogen) atoms. The summed E-state index contributed by atoms with van der Waals surface area (Å²) in [5.74, 6) is 3.05. The van der Waals surface area contributed by atoms with E-state index < -0.39 is 0 Å². The predicted octanol–water partition coefficient (Wildman–Crippen LogP) is 9.12. The lowest BCUT2D eigenvalue weighted by Crippen LogP contribution is -2.20. The molecule has 0 amide bonds. The van der Waals surface area contributed by atoms with Gasteiger partial charge in [-0.2, -0.15) is 28.8 Å². The number of aromatic nitrogens is 1. The molecule has 206 valence electrons. The van der Waals surface area contributed by atoms with Crippen LogP contribution in [0.3, 0.4) is 0 Å². The van der Waals surface area contributed by atoms with Crippen LogP contribution in [0.15, 0.2) is 70.2 Å². The third-order valence-corrected chi connectivity index (χ3v) is 10.1. The second-order valence-electron chi connectivity index (χ2n) is 8.97. The fourth-order valence-electron chi connectivity index (χ4n) is 3.70. The first-order valence-electron chi connectivity index (χ1n) is 13.3. The van der Waals surface area contributed by atoms with Gasteiger partial charge in [-0.05, 0) is 48.1 Å². The maximum atomic E-state index is 12.8. The number of halogens is 1. The maximum Gasteiger partial charge on any atom is 0.316 e. The highest BCUT2D eigenvalue weighted by Crippen LogP contribution is 2.34. The van der Waals surface area contributed by atoms with E-state index >= 15 is 0 Å². The van der Waals surface area contributed by atoms with Crippen LogP contribution in [0.2, 0.25) is 0 Å². The summed E-state index contributed by atoms with van der Waals surface area (Å²) < 4.78 is 6.70. The number of ether oxygens (including phenoxy) is 1. The van der Waals surface area contributed by atoms with Gasteiger partial charge in [0.25, 0.3) is 0 Å². The molecule has 0 fully saturated rings. The molecule has 4 nitrogen and oxygen atoms in total. The highest BCUT2D eigenvalue weighted by Gasteiger charge is 2.18. The normalized spacial score (nSPS) is 11.6. The van der Waals surface area contributed by atoms with Crippen molar-refractivity contribution in [1.29, 1.82) is 5.26 Å². The Morgan fingerprint density at radius 3 is 2.44 bits per heavy atom. The Morgan fingerprint density at radius 2 is 1.74 bits per heavy atom. The number of carbonyl (C=O) groups is 1. The molecule has 2 aromatic carbocycles. The Bertz CT molecular complexity index is 1220. The van der Waals surface area contributed by atoms with E-state index in [0.717, 1.165) is 50.5 Å². The number of nitrogens with zero attached hydrogens (tertiary/aromatic N) is 2. The fraction of sp³-hybridized carbons (Fsp3) is 0.387. The quantitative estimate of drug-likeness (QED) is 0.0877. The second kappa shape index (κ2) is 17.7. The van der Waals surface area contributed by atoms with Crippen molar-refractivity contribution in [3.05, 3.63) is 70.7 Å². The minimum absolute atomic E-state index is 0.106. The molecule has 0 saturated carbocycles. The van der Waals surface area contributed by atoms with Crippen molar-refractivity contribution in [1.82, 2.24) is 4.98 Å². The van der Waals surface area contributed by atoms with Crippen molar-refractivity contribution in [2.45, 2.75) is 49.8 Å². The number of benzene rings is 2. The number of pyridine rings is 1. The average Bonchev–Trinajstić information content (AvgIpc) is 2.97. The minimum atomic E-state index is -0.277. The monoisotopic (exact) mass is 642 g/mol. The zero-order valence-corrected chi connectivity index (χ0v) is 26.6. The van der Waals surface area contributed by atoms with Crippen LogP contribution in [0.25, 0.3) is 22.4 Å². The molecule has 1 heterocycles. The predicted molar refractivity (Wildman–Crippen MR) is 173 cm³/mol. The summed E-state index contributed by atoms with van der Waals surface area (Å²) >= 11 is 8.60. The topological polar surface area (TPSA) is 63.0 Å². The summed E-state index contributed by atoms with van der Waals surface area (Å²) in [6, 6.07) is 22.0. The lowest BCUT2D eigenvalue weighted by atomic mass is 9.99. The molecular weight excluding hydrogens is 608 g/mol. The van der Waals surface area contributed by atoms with E-state index in [0.29, 0.717) is 22.4 Å². The molecule has 0 aliphatic heterocycles. The van der Waals surface area contributed by atoms with Gasteiger partial charge in [0.1, 0.15) is 17.7 Å². The van der Waals surface area contributed by atoms with Gasteiger partial charge in [0.2, 0.25) is 0 Å². The number of hydrogen-bond acceptors (Lipinski definition) is 7. The van der Waals surface area contributed by atoms with Crippen LogP contribution in [0.1, 0.15) is 45.1 Å². The zero-order chi connectivity index (χ0) is 27.9. The van der Waals surface area contributed by atoms with Crippen molar-refractivity contribution in [2.24, 2.45) is 0 Å². The van der Waals surface area contributed by atoms with Crippen molar-refractivity contribution in [3.63, 3.8) is 0 Å². The summed E-state index contributed by atoms with van der Waals surface area (Å²) in [6.45, 7) is 4.82. The minimum Gasteiger partial charge on any atom is -0.464 e. The van der Waals surface area contributed by atoms with Crippen LogP contribution in [0.4, 0.5) is 0 Å². The SMILES string of the molecule is CCCCSCC(COC(=O)CSc1nc(-c2ccc(Br)cc2)cc(-c2ccccc2)c1C#N)SCCCC. The molecule has 0 spiro atoms. The van der Waals surface area contributed by atoms with Gasteiger partial charge in [0.05, 0.1) is 17.0 Å². The molecule has 3 aromatic rings. The number of thioether (sulfide) groups is 3. The van der Waals surface area contributed by atoms with Crippen LogP contribution < -0.4 is 0 Å². The van der Waals surface area contributed by atoms with Crippen molar-refractivity contribution in [2.75, 3.05) is 29.6 Å². The number of esters is 1. The lowest BCUT2D eigenvalue weighted by molar-refractivity contribution is -0.140. The standard InChI is InChI=1S/C31H35BrN2O2S3/c1-3-5-16-37-21-26(38-17-6-4-2)20-36-30(35)22-39-31-28(19-33)27(23-10-8-7-9-11-23)18-29(34-31)24-12-14-25(32)15-13-24/h7-15,18,26H,3-6,16-17,20-22H2,1-2H3. The molecule has 1 unspecified atom stereocenters. The largest absolute Gasteiger partial charge is 0.464 e. The first-order valence-corrected chi connectivity index (χ1v) is 17.3. The molecule has 1 atom stereocenters. The number of nitriles is 1. The molecule has 8 heteroatoms. The van der Waals surface area contributed by atoms with Gasteiger partial charge in [-0.1, -0.05) is 96.8 Å². The van der Waals surface area contributed by atoms with Gasteiger partial charge in [0.15, 0.2) is 0 Å². The third-order valence-electron chi connectivity index (χ3n) is 5.88. The Morgan fingerprint density at radius 1 is 1.03 bits per heavy atom. The van der Waals surface area contributed by atoms with E-state index in [4.69, 9.17) is 9.72 Å². The van der Waals surface area contributed by atoms with E-state index in [1.807, 2.05) is 84.2 Å². The Hall–Kier alpha value is -1.92. The molecule has 0 aliphatic rings. The number of rotatable bonds is 16. The summed E-state index contributed by atoms with van der Waals surface area (Å²) in [6.07, 6.45) is 4.75. The van der Waals surface area contributed by atoms with Gasteiger partial charge >= 0.3 is 5.97 Å². The van der Waals surface area contributed by atoms with E-state index in [1.54, 1.807) is 0 Å². The van der Waals surface area contributed by atoms with Crippen LogP contribution >= 0.6 is 51.2 Å². The molecular formula is C31H35BrN2O2S3. The summed E-state index contributed by atoms with van der Waals surface area (Å²) in [7, 11) is 0. The van der Waals surface area contributed by atoms with E-state index in [2.05, 4.69) is 35.8 Å². The number of hydrogen-bond donors (Lipinski definition) is 0.